The van der Waals surface area contributed by atoms with Gasteiger partial charge < -0.3 is 5.11 Å². The third-order valence-electron chi connectivity index (χ3n) is 2.35. The second kappa shape index (κ2) is 3.82. The minimum Gasteiger partial charge on any atom is -0.380 e. The predicted octanol–water partition coefficient (Wildman–Crippen LogP) is 2.97. The molecule has 0 saturated heterocycles. The normalized spacial score (nSPS) is 17.7. The lowest BCUT2D eigenvalue weighted by molar-refractivity contribution is -0.146. The van der Waals surface area contributed by atoms with Crippen molar-refractivity contribution in [3.05, 3.63) is 0 Å². The maximum atomic E-state index is 11.3. The van der Waals surface area contributed by atoms with Crippen LogP contribution < -0.4 is 0 Å². The molecule has 1 atom stereocenters. The van der Waals surface area contributed by atoms with E-state index in [1.807, 2.05) is 41.5 Å². The monoisotopic (exact) mass is 220 g/mol. The fraction of sp³-hybridized carbons (Fsp3) is 0.909. The maximum Gasteiger partial charge on any atom is 0.253 e. The Balaban J connectivity index is 5.04. The number of hydrogen-bond donors (Lipinski definition) is 1. The lowest BCUT2D eigenvalue weighted by Crippen LogP contribution is -2.50. The Morgan fingerprint density at radius 1 is 1.14 bits per heavy atom. The van der Waals surface area contributed by atoms with Gasteiger partial charge in [-0.15, -0.1) is 0 Å². The maximum absolute atomic E-state index is 11.3. The molecule has 2 nitrogen and oxygen atoms in total. The molecule has 3 heteroatoms. The molecule has 0 rings (SSSR count). The summed E-state index contributed by atoms with van der Waals surface area (Å²) in [5.41, 5.74) is -2.13. The average Bonchev–Trinajstić information content (AvgIpc) is 1.79. The van der Waals surface area contributed by atoms with Crippen LogP contribution in [0.3, 0.4) is 0 Å². The van der Waals surface area contributed by atoms with Crippen molar-refractivity contribution in [2.24, 2.45) is 10.8 Å². The molecule has 0 aromatic heterocycles. The Labute approximate surface area is 91.6 Å². The van der Waals surface area contributed by atoms with E-state index in [9.17, 15) is 9.90 Å². The molecule has 0 aliphatic carbocycles. The number of halogens is 1. The summed E-state index contributed by atoms with van der Waals surface area (Å²) in [6, 6.07) is 0. The van der Waals surface area contributed by atoms with Gasteiger partial charge in [0.1, 0.15) is 5.60 Å². The van der Waals surface area contributed by atoms with Crippen LogP contribution in [0.1, 0.15) is 48.0 Å². The van der Waals surface area contributed by atoms with E-state index in [-0.39, 0.29) is 5.41 Å². The Kier molecular flexibility index (Phi) is 3.80. The summed E-state index contributed by atoms with van der Waals surface area (Å²) >= 11 is 5.49. The fourth-order valence-corrected chi connectivity index (χ4v) is 1.75. The van der Waals surface area contributed by atoms with Crippen LogP contribution in [0.25, 0.3) is 0 Å². The fourth-order valence-electron chi connectivity index (χ4n) is 1.40. The average molecular weight is 221 g/mol. The van der Waals surface area contributed by atoms with E-state index in [1.165, 1.54) is 0 Å². The zero-order valence-corrected chi connectivity index (χ0v) is 10.7. The molecule has 1 N–H and O–H groups in total. The highest BCUT2D eigenvalue weighted by Crippen LogP contribution is 2.40. The molecular weight excluding hydrogens is 200 g/mol. The topological polar surface area (TPSA) is 37.3 Å². The number of hydrogen-bond acceptors (Lipinski definition) is 2. The van der Waals surface area contributed by atoms with Gasteiger partial charge in [0, 0.05) is 0 Å². The highest BCUT2D eigenvalue weighted by Gasteiger charge is 2.48. The second-order valence-electron chi connectivity index (χ2n) is 6.12. The number of rotatable bonds is 2. The van der Waals surface area contributed by atoms with Gasteiger partial charge in [0.25, 0.3) is 5.24 Å². The Morgan fingerprint density at radius 3 is 1.57 bits per heavy atom. The lowest BCUT2D eigenvalue weighted by Gasteiger charge is -2.41. The highest BCUT2D eigenvalue weighted by atomic mass is 35.5. The first-order valence-electron chi connectivity index (χ1n) is 4.82. The summed E-state index contributed by atoms with van der Waals surface area (Å²) in [7, 11) is 0. The molecule has 0 aromatic rings. The Hall–Kier alpha value is -0.0800. The molecule has 0 radical (unpaired) electrons. The summed E-state index contributed by atoms with van der Waals surface area (Å²) in [5, 5.41) is 9.61. The van der Waals surface area contributed by atoms with E-state index in [2.05, 4.69) is 0 Å². The van der Waals surface area contributed by atoms with Crippen LogP contribution in [0.5, 0.6) is 0 Å². The van der Waals surface area contributed by atoms with Gasteiger partial charge in [0.2, 0.25) is 0 Å². The largest absolute Gasteiger partial charge is 0.380 e. The molecular formula is C11H21ClO2. The SMILES string of the molecule is CC(C)(C)CC(O)(C(=O)Cl)C(C)(C)C. The van der Waals surface area contributed by atoms with Gasteiger partial charge in [0.15, 0.2) is 0 Å². The Morgan fingerprint density at radius 2 is 1.50 bits per heavy atom. The number of carbonyl (C=O) groups excluding carboxylic acids is 1. The van der Waals surface area contributed by atoms with Crippen LogP contribution in [-0.2, 0) is 4.79 Å². The summed E-state index contributed by atoms with van der Waals surface area (Å²) < 4.78 is 0. The van der Waals surface area contributed by atoms with Crippen LogP contribution in [0.2, 0.25) is 0 Å². The molecule has 0 aliphatic heterocycles. The molecule has 0 saturated carbocycles. The van der Waals surface area contributed by atoms with Crippen molar-refractivity contribution in [3.63, 3.8) is 0 Å². The summed E-state index contributed by atoms with van der Waals surface area (Å²) in [5.74, 6) is 0. The lowest BCUT2D eigenvalue weighted by atomic mass is 9.69. The van der Waals surface area contributed by atoms with E-state index >= 15 is 0 Å². The smallest absolute Gasteiger partial charge is 0.253 e. The molecule has 84 valence electrons. The van der Waals surface area contributed by atoms with Gasteiger partial charge in [-0.3, -0.25) is 4.79 Å². The first kappa shape index (κ1) is 13.9. The van der Waals surface area contributed by atoms with Gasteiger partial charge in [-0.2, -0.15) is 0 Å². The Bertz CT molecular complexity index is 222. The van der Waals surface area contributed by atoms with Gasteiger partial charge in [-0.05, 0) is 28.9 Å². The molecule has 1 unspecified atom stereocenters. The van der Waals surface area contributed by atoms with Crippen LogP contribution in [0.4, 0.5) is 0 Å². The quantitative estimate of drug-likeness (QED) is 0.727. The predicted molar refractivity (Wildman–Crippen MR) is 59.3 cm³/mol. The summed E-state index contributed by atoms with van der Waals surface area (Å²) in [4.78, 5) is 11.3. The third-order valence-corrected chi connectivity index (χ3v) is 2.66. The van der Waals surface area contributed by atoms with Crippen molar-refractivity contribution in [2.75, 3.05) is 0 Å². The van der Waals surface area contributed by atoms with E-state index in [0.29, 0.717) is 6.42 Å². The van der Waals surface area contributed by atoms with Crippen LogP contribution >= 0.6 is 11.6 Å². The zero-order valence-electron chi connectivity index (χ0n) is 9.94. The molecule has 0 aromatic carbocycles. The molecule has 0 heterocycles. The van der Waals surface area contributed by atoms with Crippen LogP contribution in [0, 0.1) is 10.8 Å². The highest BCUT2D eigenvalue weighted by molar-refractivity contribution is 6.65. The van der Waals surface area contributed by atoms with Gasteiger partial charge in [0.05, 0.1) is 0 Å². The second-order valence-corrected chi connectivity index (χ2v) is 6.46. The first-order chi connectivity index (χ1) is 5.90. The van der Waals surface area contributed by atoms with Crippen LogP contribution in [-0.4, -0.2) is 16.0 Å². The van der Waals surface area contributed by atoms with E-state index in [4.69, 9.17) is 11.6 Å². The zero-order chi connectivity index (χ0) is 11.8. The van der Waals surface area contributed by atoms with Crippen molar-refractivity contribution in [1.29, 1.82) is 0 Å². The van der Waals surface area contributed by atoms with E-state index < -0.39 is 16.3 Å². The van der Waals surface area contributed by atoms with Crippen molar-refractivity contribution in [3.8, 4) is 0 Å². The first-order valence-corrected chi connectivity index (χ1v) is 5.20. The molecule has 0 spiro atoms. The van der Waals surface area contributed by atoms with Crippen LogP contribution in [0.15, 0.2) is 0 Å². The van der Waals surface area contributed by atoms with E-state index in [0.717, 1.165) is 0 Å². The summed E-state index contributed by atoms with van der Waals surface area (Å²) in [6.45, 7) is 11.4. The molecule has 0 fully saturated rings. The van der Waals surface area contributed by atoms with Crippen molar-refractivity contribution in [2.45, 2.75) is 53.6 Å². The van der Waals surface area contributed by atoms with Crippen molar-refractivity contribution in [1.82, 2.24) is 0 Å². The molecule has 0 aliphatic rings. The summed E-state index contributed by atoms with van der Waals surface area (Å²) in [6.07, 6.45) is 0.367. The number of aliphatic hydroxyl groups is 1. The van der Waals surface area contributed by atoms with Crippen molar-refractivity contribution < 1.29 is 9.90 Å². The molecule has 0 bridgehead atoms. The van der Waals surface area contributed by atoms with Gasteiger partial charge in [-0.25, -0.2) is 0 Å². The standard InChI is InChI=1S/C11H21ClO2/c1-9(2,3)7-11(14,8(12)13)10(4,5)6/h14H,7H2,1-6H3. The van der Waals surface area contributed by atoms with Gasteiger partial charge in [-0.1, -0.05) is 41.5 Å². The van der Waals surface area contributed by atoms with Gasteiger partial charge >= 0.3 is 0 Å². The van der Waals surface area contributed by atoms with E-state index in [1.54, 1.807) is 0 Å². The third kappa shape index (κ3) is 3.25. The minimum atomic E-state index is -1.45. The van der Waals surface area contributed by atoms with Crippen molar-refractivity contribution >= 4 is 16.8 Å². The molecule has 14 heavy (non-hydrogen) atoms. The molecule has 0 amide bonds. The minimum absolute atomic E-state index is 0.132. The number of carbonyl (C=O) groups is 1.